The summed E-state index contributed by atoms with van der Waals surface area (Å²) in [6.45, 7) is 34.5. The van der Waals surface area contributed by atoms with Gasteiger partial charge in [0.05, 0.1) is 67.9 Å². The molecule has 22 rings (SSSR count). The Labute approximate surface area is 814 Å². The topological polar surface area (TPSA) is 638 Å². The van der Waals surface area contributed by atoms with E-state index in [1.165, 1.54) is 87.2 Å². The molecule has 0 fully saturated rings. The van der Waals surface area contributed by atoms with Crippen LogP contribution in [0.4, 0.5) is 0 Å². The lowest BCUT2D eigenvalue weighted by molar-refractivity contribution is 0.374. The molecule has 0 saturated heterocycles. The van der Waals surface area contributed by atoms with Gasteiger partial charge in [-0.1, -0.05) is 37.9 Å². The van der Waals surface area contributed by atoms with E-state index in [9.17, 15) is 0 Å². The van der Waals surface area contributed by atoms with E-state index in [2.05, 4.69) is 230 Å². The highest BCUT2D eigenvalue weighted by atomic mass is 32.1. The van der Waals surface area contributed by atoms with Crippen molar-refractivity contribution in [3.8, 4) is 0 Å². The quantitative estimate of drug-likeness (QED) is 0.0941. The second-order valence-corrected chi connectivity index (χ2v) is 29.8. The van der Waals surface area contributed by atoms with Crippen molar-refractivity contribution >= 4 is 45.9 Å². The number of hydrogen-bond acceptors (Lipinski definition) is 45. The summed E-state index contributed by atoms with van der Waals surface area (Å²) in [4.78, 5) is 31.7. The second kappa shape index (κ2) is 82.0. The van der Waals surface area contributed by atoms with Gasteiger partial charge in [0.25, 0.3) is 0 Å². The first-order chi connectivity index (χ1) is 66.0. The number of pyridine rings is 1. The normalized spacial score (nSPS) is 8.81. The van der Waals surface area contributed by atoms with Gasteiger partial charge in [-0.05, 0) is 211 Å². The standard InChI is InChI=1S/C6H7N.2C5H8N2.2C5H6N2.2C4H6N2.2C4H5NO.2C4H5NS.5C3H5N3.2C3H4N2O.2C3H4N2S.2C2H4N4.CH4/c1-6-2-4-7-5-3-6;1-5-3-6-7(2)4-5;1-5-3-4-6-7(5)2;1-5-2-3-6-4-7-5;1-5-2-3-6-7-4-5;1-4-2-5-3-6-4;1-6-3-2-5-4-6;1-4-2-5-6-3-4;1-4-2-3-5-6-4;1-4-2-5-6-3-4;1-4-2-3-5-6-4;1-6-2-4-5-3-6;1-6-3-4-2-5-6;1-6-3-2-4-5-6;1-3-4-2-5-6-3;1-3-2-4-6-5-3;1-3-5-4-2-6-3;1-3-2-4-5-6-3;1-3-5-4-2-6-3;1-3-2-4-5-6-3;2*1-2-3-5-6-4-2;/h2-5H,1H3;2*3-4H,1-2H3;2*2-4H,1H3;2-3H,1H3,(H,5,6);2-4H,1H3;7*2-3H,1H3;2*2H,1H3,(H,4,5,6);4*2H,1H3;2*1H3,(H,3,4,5,6);1H4. The van der Waals surface area contributed by atoms with Gasteiger partial charge in [-0.15, -0.1) is 77.6 Å². The molecule has 0 aliphatic carbocycles. The van der Waals surface area contributed by atoms with Crippen LogP contribution < -0.4 is 0 Å². The molecule has 0 saturated carbocycles. The van der Waals surface area contributed by atoms with E-state index in [0.29, 0.717) is 17.5 Å². The molecule has 0 amide bonds. The summed E-state index contributed by atoms with van der Waals surface area (Å²) in [7, 11) is 11.3. The lowest BCUT2D eigenvalue weighted by Gasteiger charge is -1.87. The molecule has 0 bridgehead atoms. The molecule has 0 aliphatic heterocycles. The predicted molar refractivity (Wildman–Crippen MR) is 518 cm³/mol. The average Bonchev–Trinajstić information content (AvgIpc) is 1.82. The third kappa shape index (κ3) is 78.9. The van der Waals surface area contributed by atoms with Crippen LogP contribution in [0.15, 0.2) is 259 Å². The maximum Gasteiger partial charge on any atom is 0.213 e. The smallest absolute Gasteiger partial charge is 0.213 e. The van der Waals surface area contributed by atoms with Crippen LogP contribution in [0.3, 0.4) is 0 Å². The van der Waals surface area contributed by atoms with Crippen LogP contribution in [0.1, 0.15) is 108 Å². The van der Waals surface area contributed by atoms with Gasteiger partial charge < -0.3 is 32.1 Å². The fraction of sp³-hybridized carbons (Fsp3) is 0.305. The molecule has 0 spiro atoms. The molecule has 56 heteroatoms. The van der Waals surface area contributed by atoms with Crippen LogP contribution in [0, 0.1) is 125 Å². The van der Waals surface area contributed by atoms with Crippen LogP contribution in [-0.2, 0) is 42.3 Å². The molecule has 52 nitrogen and oxygen atoms in total. The Morgan fingerprint density at radius 1 is 0.420 bits per heavy atom. The van der Waals surface area contributed by atoms with Crippen molar-refractivity contribution in [2.45, 2.75) is 132 Å². The zero-order valence-corrected chi connectivity index (χ0v) is 83.8. The zero-order chi connectivity index (χ0) is 101. The number of aryl methyl sites for hydroxylation is 24. The fourth-order valence-electron chi connectivity index (χ4n) is 6.47. The van der Waals surface area contributed by atoms with Crippen molar-refractivity contribution in [1.29, 1.82) is 0 Å². The van der Waals surface area contributed by atoms with Crippen molar-refractivity contribution in [2.75, 3.05) is 0 Å². The highest BCUT2D eigenvalue weighted by Gasteiger charge is 1.89. The summed E-state index contributed by atoms with van der Waals surface area (Å²) in [5.41, 5.74) is 11.9. The van der Waals surface area contributed by atoms with Crippen LogP contribution >= 0.6 is 45.9 Å². The summed E-state index contributed by atoms with van der Waals surface area (Å²) < 4.78 is 40.0. The molecule has 5 N–H and O–H groups in total. The number of hydrogen-bond donors (Lipinski definition) is 5. The van der Waals surface area contributed by atoms with E-state index in [1.54, 1.807) is 206 Å². The minimum atomic E-state index is 0. The monoisotopic (exact) mass is 1970 g/mol. The van der Waals surface area contributed by atoms with Gasteiger partial charge in [0.1, 0.15) is 66.3 Å². The molecule has 0 radical (unpaired) electrons. The molecule has 0 atom stereocenters. The predicted octanol–water partition coefficient (Wildman–Crippen LogP) is 12.2. The van der Waals surface area contributed by atoms with E-state index in [4.69, 9.17) is 0 Å². The first kappa shape index (κ1) is 121. The van der Waals surface area contributed by atoms with Gasteiger partial charge in [-0.2, -0.15) is 56.4 Å². The van der Waals surface area contributed by atoms with E-state index < -0.39 is 0 Å². The number of nitrogens with one attached hydrogen (secondary N) is 5. The van der Waals surface area contributed by atoms with Crippen LogP contribution in [0.25, 0.3) is 0 Å². The largest absolute Gasteiger partial charge is 0.428 e. The van der Waals surface area contributed by atoms with E-state index in [1.807, 2.05) is 215 Å². The molecular weight excluding hydrogens is 1850 g/mol. The minimum Gasteiger partial charge on any atom is -0.428 e. The Morgan fingerprint density at radius 3 is 1.33 bits per heavy atom. The van der Waals surface area contributed by atoms with Crippen molar-refractivity contribution in [2.24, 2.45) is 42.3 Å². The van der Waals surface area contributed by atoms with E-state index in [-0.39, 0.29) is 7.43 Å². The molecule has 22 aromatic heterocycles. The van der Waals surface area contributed by atoms with Gasteiger partial charge in [-0.3, -0.25) is 28.8 Å². The number of rotatable bonds is 0. The SMILES string of the molecule is C.Cc1ccncc1.Cc1ccncn1.Cc1ccnn1C.Cc1ccnnc1.Cc1ccno1.Cc1ccns1.Cc1cn[nH]n1.Cc1cnc[nH]1.Cc1cnn(C)c1.Cc1cnno1.Cc1cnns1.Cc1cnoc1.Cc1cnsc1.Cc1ncn[nH]1.Cc1nn[nH]n1.Cc1nn[nH]n1.Cc1nnco1.Cc1nncs1.Cn1ccnc1.Cn1ccnn1.Cn1cncn1.Cn1cnnc1. The van der Waals surface area contributed by atoms with Gasteiger partial charge >= 0.3 is 0 Å². The maximum atomic E-state index is 4.61. The van der Waals surface area contributed by atoms with E-state index in [0.717, 1.165) is 55.4 Å². The van der Waals surface area contributed by atoms with Crippen LogP contribution in [-0.4, -0.2) is 240 Å². The summed E-state index contributed by atoms with van der Waals surface area (Å²) in [6, 6.07) is 13.5. The maximum absolute atomic E-state index is 4.61. The molecular formula is C82H120N48O4S4. The summed E-state index contributed by atoms with van der Waals surface area (Å²) in [5, 5.41) is 109. The molecule has 0 aromatic carbocycles. The number of aromatic nitrogens is 48. The summed E-state index contributed by atoms with van der Waals surface area (Å²) >= 11 is 5.99. The van der Waals surface area contributed by atoms with Crippen molar-refractivity contribution in [1.82, 2.24) is 240 Å². The number of tetrazole rings is 2. The molecule has 0 aliphatic rings. The van der Waals surface area contributed by atoms with Crippen LogP contribution in [0.5, 0.6) is 0 Å². The lowest BCUT2D eigenvalue weighted by Crippen LogP contribution is -1.90. The van der Waals surface area contributed by atoms with Gasteiger partial charge in [-0.25, -0.2) is 38.7 Å². The van der Waals surface area contributed by atoms with Gasteiger partial charge in [0.15, 0.2) is 17.4 Å². The number of aromatic amines is 5. The Morgan fingerprint density at radius 2 is 1.16 bits per heavy atom. The Bertz CT molecular complexity index is 4670. The third-order valence-electron chi connectivity index (χ3n) is 13.2. The Hall–Kier alpha value is -16.9. The lowest BCUT2D eigenvalue weighted by atomic mass is 10.3. The van der Waals surface area contributed by atoms with Gasteiger partial charge in [0, 0.05) is 173 Å². The highest BCUT2D eigenvalue weighted by Crippen LogP contribution is 2.00. The third-order valence-corrected chi connectivity index (χ3v) is 15.7. The minimum absolute atomic E-state index is 0. The second-order valence-electron chi connectivity index (χ2n) is 26.0. The van der Waals surface area contributed by atoms with Gasteiger partial charge in [0.2, 0.25) is 12.3 Å². The first-order valence-electron chi connectivity index (χ1n) is 39.9. The molecule has 22 aromatic rings. The number of imidazole rings is 2. The number of H-pyrrole nitrogens is 5. The summed E-state index contributed by atoms with van der Waals surface area (Å²) in [5.74, 6) is 4.42. The Balaban J connectivity index is 0.00000142. The van der Waals surface area contributed by atoms with Crippen LogP contribution in [0.2, 0.25) is 0 Å². The fourth-order valence-corrected chi connectivity index (χ4v) is 8.06. The summed E-state index contributed by atoms with van der Waals surface area (Å²) in [6.07, 6.45) is 50.8. The van der Waals surface area contributed by atoms with Crippen molar-refractivity contribution in [3.63, 3.8) is 0 Å². The van der Waals surface area contributed by atoms with Crippen molar-refractivity contribution < 1.29 is 18.0 Å². The van der Waals surface area contributed by atoms with E-state index >= 15 is 0 Å². The zero-order valence-electron chi connectivity index (χ0n) is 80.5. The molecule has 0 unspecified atom stereocenters. The number of nitrogens with zero attached hydrogens (tertiary/aromatic N) is 43. The van der Waals surface area contributed by atoms with Crippen molar-refractivity contribution in [3.05, 3.63) is 341 Å². The average molecular weight is 1970 g/mol. The molecule has 736 valence electrons. The first-order valence-corrected chi connectivity index (χ1v) is 43.1. The molecule has 138 heavy (non-hydrogen) atoms. The molecule has 22 heterocycles. The Kier molecular flexibility index (Phi) is 72.0. The highest BCUT2D eigenvalue weighted by molar-refractivity contribution is 7.09.